The molecule has 2 aromatic heterocycles. The van der Waals surface area contributed by atoms with E-state index in [1.807, 2.05) is 0 Å². The minimum atomic E-state index is -1.04. The predicted molar refractivity (Wildman–Crippen MR) is 118 cm³/mol. The first kappa shape index (κ1) is 20.3. The Kier molecular flexibility index (Phi) is 4.97. The van der Waals surface area contributed by atoms with Crippen LogP contribution in [0.3, 0.4) is 0 Å². The van der Waals surface area contributed by atoms with Crippen molar-refractivity contribution in [2.75, 3.05) is 11.9 Å². The summed E-state index contributed by atoms with van der Waals surface area (Å²) >= 11 is 6.48. The number of primary amides is 1. The maximum absolute atomic E-state index is 12.1. The van der Waals surface area contributed by atoms with Gasteiger partial charge in [-0.15, -0.1) is 0 Å². The number of nitrogens with one attached hydrogen (secondary N) is 2. The van der Waals surface area contributed by atoms with Crippen LogP contribution in [-0.4, -0.2) is 44.6 Å². The first-order chi connectivity index (χ1) is 15.4. The zero-order chi connectivity index (χ0) is 22.4. The van der Waals surface area contributed by atoms with Crippen molar-refractivity contribution in [3.05, 3.63) is 47.6 Å². The quantitative estimate of drug-likeness (QED) is 0.402. The Balaban J connectivity index is 1.45. The summed E-state index contributed by atoms with van der Waals surface area (Å²) in [6.45, 7) is -0.411. The lowest BCUT2D eigenvalue weighted by Crippen LogP contribution is -2.41. The van der Waals surface area contributed by atoms with Gasteiger partial charge in [0.05, 0.1) is 22.8 Å². The summed E-state index contributed by atoms with van der Waals surface area (Å²) in [5.41, 5.74) is 8.20. The SMILES string of the molecule is NC(=O)[C@@H]1[C@H](Nc2c(Cl)cnc3nc(-c4ccc(OCC(=O)O)cc4)[nH]c23)[C@H]2C=C[C@@H]1C2. The second-order valence-corrected chi connectivity index (χ2v) is 8.43. The van der Waals surface area contributed by atoms with E-state index in [9.17, 15) is 9.59 Å². The van der Waals surface area contributed by atoms with Gasteiger partial charge in [-0.25, -0.2) is 14.8 Å². The summed E-state index contributed by atoms with van der Waals surface area (Å²) in [5, 5.41) is 12.6. The van der Waals surface area contributed by atoms with Crippen LogP contribution in [0.15, 0.2) is 42.6 Å². The fourth-order valence-corrected chi connectivity index (χ4v) is 4.84. The summed E-state index contributed by atoms with van der Waals surface area (Å²) in [6, 6.07) is 6.73. The fourth-order valence-electron chi connectivity index (χ4n) is 4.64. The van der Waals surface area contributed by atoms with Gasteiger partial charge in [-0.1, -0.05) is 23.8 Å². The van der Waals surface area contributed by atoms with E-state index in [2.05, 4.69) is 32.4 Å². The van der Waals surface area contributed by atoms with Gasteiger partial charge in [0.1, 0.15) is 17.1 Å². The van der Waals surface area contributed by atoms with Crippen LogP contribution in [0, 0.1) is 17.8 Å². The molecule has 3 aromatic rings. The molecule has 2 heterocycles. The van der Waals surface area contributed by atoms with Gasteiger partial charge in [-0.05, 0) is 42.5 Å². The highest BCUT2D eigenvalue weighted by Crippen LogP contribution is 2.46. The maximum Gasteiger partial charge on any atom is 0.341 e. The molecule has 0 aliphatic heterocycles. The van der Waals surface area contributed by atoms with Crippen LogP contribution in [0.5, 0.6) is 5.75 Å². The van der Waals surface area contributed by atoms with Crippen molar-refractivity contribution in [1.82, 2.24) is 15.0 Å². The lowest BCUT2D eigenvalue weighted by molar-refractivity contribution is -0.139. The number of H-pyrrole nitrogens is 1. The number of nitrogens with two attached hydrogens (primary N) is 1. The van der Waals surface area contributed by atoms with Crippen LogP contribution >= 0.6 is 11.6 Å². The molecule has 1 aromatic carbocycles. The van der Waals surface area contributed by atoms with Gasteiger partial charge >= 0.3 is 5.97 Å². The number of hydrogen-bond acceptors (Lipinski definition) is 6. The number of anilines is 1. The highest BCUT2D eigenvalue weighted by atomic mass is 35.5. The molecule has 0 saturated heterocycles. The van der Waals surface area contributed by atoms with Gasteiger partial charge in [0.15, 0.2) is 12.3 Å². The van der Waals surface area contributed by atoms with Gasteiger partial charge < -0.3 is 25.9 Å². The van der Waals surface area contributed by atoms with Crippen molar-refractivity contribution in [3.63, 3.8) is 0 Å². The third kappa shape index (κ3) is 3.54. The van der Waals surface area contributed by atoms with Crippen LogP contribution in [0.4, 0.5) is 5.69 Å². The lowest BCUT2D eigenvalue weighted by Gasteiger charge is -2.28. The molecule has 1 fully saturated rings. The molecule has 2 bridgehead atoms. The Bertz CT molecular complexity index is 1240. The number of imidazole rings is 1. The molecule has 0 unspecified atom stereocenters. The van der Waals surface area contributed by atoms with Gasteiger partial charge in [-0.3, -0.25) is 4.79 Å². The van der Waals surface area contributed by atoms with E-state index in [0.29, 0.717) is 33.4 Å². The molecule has 0 radical (unpaired) electrons. The number of aromatic nitrogens is 3. The Morgan fingerprint density at radius 3 is 2.72 bits per heavy atom. The van der Waals surface area contributed by atoms with Crippen LogP contribution in [-0.2, 0) is 9.59 Å². The minimum Gasteiger partial charge on any atom is -0.482 e. The molecule has 32 heavy (non-hydrogen) atoms. The average molecular weight is 454 g/mol. The number of carbonyl (C=O) groups is 2. The van der Waals surface area contributed by atoms with E-state index in [1.54, 1.807) is 24.3 Å². The third-order valence-corrected chi connectivity index (χ3v) is 6.35. The Morgan fingerprint density at radius 1 is 1.25 bits per heavy atom. The molecule has 5 rings (SSSR count). The predicted octanol–water partition coefficient (Wildman–Crippen LogP) is 2.83. The number of aliphatic carboxylic acids is 1. The third-order valence-electron chi connectivity index (χ3n) is 6.06. The Hall–Kier alpha value is -3.59. The smallest absolute Gasteiger partial charge is 0.341 e. The Labute approximate surface area is 187 Å². The number of rotatable bonds is 7. The van der Waals surface area contributed by atoms with E-state index in [1.165, 1.54) is 6.20 Å². The first-order valence-corrected chi connectivity index (χ1v) is 10.5. The standard InChI is InChI=1S/C22H20ClN5O4/c23-14-8-25-22-19(18(14)26-17-12-2-1-11(7-12)16(17)20(24)31)27-21(28-22)10-3-5-13(6-4-10)32-9-15(29)30/h1-6,8,11-12,16-17H,7,9H2,(H2,24,31)(H,29,30)(H2,25,26,27,28)/t11-,12+,16+,17-/m1/s1. The van der Waals surface area contributed by atoms with Crippen LogP contribution in [0.25, 0.3) is 22.6 Å². The number of hydrogen-bond donors (Lipinski definition) is 4. The number of aromatic amines is 1. The van der Waals surface area contributed by atoms with Gasteiger partial charge in [0.25, 0.3) is 0 Å². The molecular formula is C22H20ClN5O4. The van der Waals surface area contributed by atoms with Gasteiger partial charge in [-0.2, -0.15) is 0 Å². The number of amides is 1. The number of benzene rings is 1. The van der Waals surface area contributed by atoms with E-state index in [0.717, 1.165) is 12.0 Å². The van der Waals surface area contributed by atoms with Gasteiger partial charge in [0, 0.05) is 11.6 Å². The number of ether oxygens (including phenoxy) is 1. The summed E-state index contributed by atoms with van der Waals surface area (Å²) in [4.78, 5) is 34.9. The molecule has 9 nitrogen and oxygen atoms in total. The number of carboxylic acid groups (broad SMARTS) is 1. The zero-order valence-electron chi connectivity index (χ0n) is 16.8. The second kappa shape index (κ2) is 7.83. The number of allylic oxidation sites excluding steroid dienone is 1. The molecular weight excluding hydrogens is 434 g/mol. The molecule has 2 aliphatic rings. The summed E-state index contributed by atoms with van der Waals surface area (Å²) in [5.74, 6) is -0.303. The molecule has 4 atom stereocenters. The highest BCUT2D eigenvalue weighted by molar-refractivity contribution is 6.34. The van der Waals surface area contributed by atoms with Crippen LogP contribution < -0.4 is 15.8 Å². The van der Waals surface area contributed by atoms with Crippen molar-refractivity contribution < 1.29 is 19.4 Å². The lowest BCUT2D eigenvalue weighted by atomic mass is 9.88. The highest BCUT2D eigenvalue weighted by Gasteiger charge is 2.47. The topological polar surface area (TPSA) is 143 Å². The van der Waals surface area contributed by atoms with Crippen molar-refractivity contribution in [2.24, 2.45) is 23.5 Å². The maximum atomic E-state index is 12.1. The summed E-state index contributed by atoms with van der Waals surface area (Å²) in [7, 11) is 0. The number of fused-ring (bicyclic) bond motifs is 3. The molecule has 1 amide bonds. The van der Waals surface area contributed by atoms with E-state index in [-0.39, 0.29) is 29.7 Å². The number of halogens is 1. The largest absolute Gasteiger partial charge is 0.482 e. The van der Waals surface area contributed by atoms with Crippen LogP contribution in [0.2, 0.25) is 5.02 Å². The van der Waals surface area contributed by atoms with Gasteiger partial charge in [0.2, 0.25) is 5.91 Å². The summed E-state index contributed by atoms with van der Waals surface area (Å²) in [6.07, 6.45) is 6.62. The van der Waals surface area contributed by atoms with E-state index < -0.39 is 12.6 Å². The van der Waals surface area contributed by atoms with E-state index in [4.69, 9.17) is 27.2 Å². The number of pyridine rings is 1. The minimum absolute atomic E-state index is 0.144. The number of carbonyl (C=O) groups excluding carboxylic acids is 1. The zero-order valence-corrected chi connectivity index (χ0v) is 17.5. The molecule has 5 N–H and O–H groups in total. The van der Waals surface area contributed by atoms with Crippen molar-refractivity contribution in [1.29, 1.82) is 0 Å². The Morgan fingerprint density at radius 2 is 2.00 bits per heavy atom. The van der Waals surface area contributed by atoms with Crippen molar-refractivity contribution in [3.8, 4) is 17.1 Å². The average Bonchev–Trinajstić information content (AvgIpc) is 3.49. The van der Waals surface area contributed by atoms with Crippen molar-refractivity contribution in [2.45, 2.75) is 12.5 Å². The summed E-state index contributed by atoms with van der Waals surface area (Å²) < 4.78 is 5.17. The molecule has 1 saturated carbocycles. The molecule has 0 spiro atoms. The molecule has 164 valence electrons. The van der Waals surface area contributed by atoms with Crippen LogP contribution in [0.1, 0.15) is 6.42 Å². The van der Waals surface area contributed by atoms with E-state index >= 15 is 0 Å². The first-order valence-electron chi connectivity index (χ1n) is 10.1. The molecule has 2 aliphatic carbocycles. The molecule has 10 heteroatoms. The number of nitrogens with zero attached hydrogens (tertiary/aromatic N) is 2. The fraction of sp³-hybridized carbons (Fsp3) is 0.273. The number of carboxylic acids is 1. The normalized spacial score (nSPS) is 23.5. The monoisotopic (exact) mass is 453 g/mol. The van der Waals surface area contributed by atoms with Crippen molar-refractivity contribution >= 4 is 40.3 Å². The second-order valence-electron chi connectivity index (χ2n) is 8.02.